The minimum atomic E-state index is 0.463. The zero-order valence-corrected chi connectivity index (χ0v) is 9.72. The molecule has 0 spiro atoms. The Kier molecular flexibility index (Phi) is 2.95. The van der Waals surface area contributed by atoms with Crippen LogP contribution < -0.4 is 0 Å². The zero-order chi connectivity index (χ0) is 10.8. The van der Waals surface area contributed by atoms with Crippen molar-refractivity contribution in [1.29, 1.82) is 0 Å². The molecule has 0 heteroatoms. The van der Waals surface area contributed by atoms with Crippen molar-refractivity contribution >= 4 is 0 Å². The van der Waals surface area contributed by atoms with E-state index in [4.69, 9.17) is 0 Å². The number of hydrogen-bond donors (Lipinski definition) is 0. The molecule has 0 amide bonds. The predicted molar refractivity (Wildman–Crippen MR) is 66.4 cm³/mol. The van der Waals surface area contributed by atoms with E-state index in [0.29, 0.717) is 5.92 Å². The van der Waals surface area contributed by atoms with Gasteiger partial charge < -0.3 is 0 Å². The number of allylic oxidation sites excluding steroid dienone is 8. The van der Waals surface area contributed by atoms with Gasteiger partial charge in [-0.25, -0.2) is 0 Å². The van der Waals surface area contributed by atoms with Crippen LogP contribution in [-0.4, -0.2) is 0 Å². The summed E-state index contributed by atoms with van der Waals surface area (Å²) in [5.41, 5.74) is 5.98. The van der Waals surface area contributed by atoms with E-state index in [1.54, 1.807) is 5.57 Å². The first kappa shape index (κ1) is 10.5. The smallest absolute Gasteiger partial charge is 0.0127 e. The van der Waals surface area contributed by atoms with Crippen molar-refractivity contribution in [3.63, 3.8) is 0 Å². The van der Waals surface area contributed by atoms with Crippen LogP contribution in [-0.2, 0) is 0 Å². The number of rotatable bonds is 3. The first-order valence-electron chi connectivity index (χ1n) is 5.73. The summed E-state index contributed by atoms with van der Waals surface area (Å²) in [6.07, 6.45) is 12.3. The molecule has 0 N–H and O–H groups in total. The molecule has 0 saturated heterocycles. The van der Waals surface area contributed by atoms with Gasteiger partial charge in [0.25, 0.3) is 0 Å². The third-order valence-electron chi connectivity index (χ3n) is 3.49. The van der Waals surface area contributed by atoms with Crippen LogP contribution >= 0.6 is 0 Å². The van der Waals surface area contributed by atoms with Crippen molar-refractivity contribution in [2.75, 3.05) is 0 Å². The Hall–Kier alpha value is -1.04. The standard InChI is InChI=1S/C15H19/c1-11-6-4-8-14(11)10-13(3)15-9-5-7-12(15)2/h4-7,13H,3,8-10H2,1-2H3. The van der Waals surface area contributed by atoms with Gasteiger partial charge in [-0.2, -0.15) is 0 Å². The molecule has 0 aromatic carbocycles. The van der Waals surface area contributed by atoms with Gasteiger partial charge in [-0.1, -0.05) is 46.6 Å². The van der Waals surface area contributed by atoms with E-state index in [0.717, 1.165) is 19.3 Å². The zero-order valence-electron chi connectivity index (χ0n) is 9.72. The molecule has 0 saturated carbocycles. The lowest BCUT2D eigenvalue weighted by molar-refractivity contribution is 0.711. The Labute approximate surface area is 93.1 Å². The monoisotopic (exact) mass is 199 g/mol. The van der Waals surface area contributed by atoms with Crippen molar-refractivity contribution in [3.05, 3.63) is 53.5 Å². The van der Waals surface area contributed by atoms with Crippen molar-refractivity contribution in [2.45, 2.75) is 33.1 Å². The highest BCUT2D eigenvalue weighted by atomic mass is 14.2. The maximum Gasteiger partial charge on any atom is -0.0127 e. The van der Waals surface area contributed by atoms with E-state index in [1.807, 2.05) is 0 Å². The van der Waals surface area contributed by atoms with Crippen LogP contribution in [0.15, 0.2) is 46.6 Å². The molecule has 0 heterocycles. The highest BCUT2D eigenvalue weighted by molar-refractivity contribution is 5.37. The minimum Gasteiger partial charge on any atom is -0.0802 e. The molecule has 0 aliphatic heterocycles. The van der Waals surface area contributed by atoms with E-state index in [2.05, 4.69) is 45.1 Å². The average Bonchev–Trinajstić information content (AvgIpc) is 2.76. The topological polar surface area (TPSA) is 0 Å². The summed E-state index contributed by atoms with van der Waals surface area (Å²) in [5.74, 6) is 0.463. The molecule has 0 nitrogen and oxygen atoms in total. The fraction of sp³-hybridized carbons (Fsp3) is 0.400. The highest BCUT2D eigenvalue weighted by Crippen LogP contribution is 2.33. The fourth-order valence-corrected chi connectivity index (χ4v) is 2.44. The van der Waals surface area contributed by atoms with Gasteiger partial charge in [-0.3, -0.25) is 0 Å². The molecular formula is C15H19. The molecule has 79 valence electrons. The third kappa shape index (κ3) is 2.14. The second-order valence-corrected chi connectivity index (χ2v) is 4.61. The van der Waals surface area contributed by atoms with E-state index in [-0.39, 0.29) is 0 Å². The van der Waals surface area contributed by atoms with Crippen molar-refractivity contribution in [2.24, 2.45) is 5.92 Å². The molecule has 1 radical (unpaired) electrons. The summed E-state index contributed by atoms with van der Waals surface area (Å²) < 4.78 is 0. The molecule has 1 unspecified atom stereocenters. The maximum absolute atomic E-state index is 4.31. The molecule has 0 aromatic heterocycles. The first-order chi connectivity index (χ1) is 7.18. The molecule has 0 fully saturated rings. The van der Waals surface area contributed by atoms with E-state index in [9.17, 15) is 0 Å². The largest absolute Gasteiger partial charge is 0.0802 e. The summed E-state index contributed by atoms with van der Waals surface area (Å²) in [7, 11) is 0. The van der Waals surface area contributed by atoms with Crippen LogP contribution in [0.3, 0.4) is 0 Å². The van der Waals surface area contributed by atoms with E-state index >= 15 is 0 Å². The van der Waals surface area contributed by atoms with E-state index in [1.165, 1.54) is 16.7 Å². The average molecular weight is 199 g/mol. The van der Waals surface area contributed by atoms with Gasteiger partial charge in [-0.15, -0.1) is 0 Å². The lowest BCUT2D eigenvalue weighted by Gasteiger charge is -2.16. The Morgan fingerprint density at radius 2 is 1.80 bits per heavy atom. The van der Waals surface area contributed by atoms with Gasteiger partial charge in [0.15, 0.2) is 0 Å². The van der Waals surface area contributed by atoms with Gasteiger partial charge >= 0.3 is 0 Å². The van der Waals surface area contributed by atoms with Gasteiger partial charge in [-0.05, 0) is 46.0 Å². The Morgan fingerprint density at radius 1 is 1.13 bits per heavy atom. The summed E-state index contributed by atoms with van der Waals surface area (Å²) in [4.78, 5) is 0. The van der Waals surface area contributed by atoms with Crippen LogP contribution in [0.2, 0.25) is 0 Å². The second kappa shape index (κ2) is 4.22. The summed E-state index contributed by atoms with van der Waals surface area (Å²) in [6, 6.07) is 0. The van der Waals surface area contributed by atoms with Crippen molar-refractivity contribution in [1.82, 2.24) is 0 Å². The minimum absolute atomic E-state index is 0.463. The molecule has 0 aromatic rings. The van der Waals surface area contributed by atoms with E-state index < -0.39 is 0 Å². The second-order valence-electron chi connectivity index (χ2n) is 4.61. The molecule has 1 atom stereocenters. The first-order valence-corrected chi connectivity index (χ1v) is 5.73. The van der Waals surface area contributed by atoms with Gasteiger partial charge in [0.05, 0.1) is 0 Å². The van der Waals surface area contributed by atoms with Crippen molar-refractivity contribution < 1.29 is 0 Å². The van der Waals surface area contributed by atoms with Crippen LogP contribution in [0.5, 0.6) is 0 Å². The normalized spacial score (nSPS) is 22.1. The van der Waals surface area contributed by atoms with Crippen LogP contribution in [0.4, 0.5) is 0 Å². The van der Waals surface area contributed by atoms with Crippen molar-refractivity contribution in [3.8, 4) is 0 Å². The summed E-state index contributed by atoms with van der Waals surface area (Å²) in [5, 5.41) is 0. The van der Waals surface area contributed by atoms with Crippen LogP contribution in [0, 0.1) is 12.8 Å². The van der Waals surface area contributed by atoms with Gasteiger partial charge in [0.1, 0.15) is 0 Å². The highest BCUT2D eigenvalue weighted by Gasteiger charge is 2.16. The summed E-state index contributed by atoms with van der Waals surface area (Å²) in [6.45, 7) is 8.72. The SMILES string of the molecule is [CH2]C(CC1=C(C)C=CC1)C1=C(C)C=CC1. The van der Waals surface area contributed by atoms with Crippen LogP contribution in [0.1, 0.15) is 33.1 Å². The predicted octanol–water partition coefficient (Wildman–Crippen LogP) is 4.38. The van der Waals surface area contributed by atoms with Crippen LogP contribution in [0.25, 0.3) is 0 Å². The summed E-state index contributed by atoms with van der Waals surface area (Å²) >= 11 is 0. The molecule has 15 heavy (non-hydrogen) atoms. The Morgan fingerprint density at radius 3 is 2.33 bits per heavy atom. The quantitative estimate of drug-likeness (QED) is 0.632. The van der Waals surface area contributed by atoms with Gasteiger partial charge in [0.2, 0.25) is 0 Å². The molecule has 0 bridgehead atoms. The Bertz CT molecular complexity index is 375. The molecule has 2 rings (SSSR count). The molecular weight excluding hydrogens is 180 g/mol. The Balaban J connectivity index is 2.02. The lowest BCUT2D eigenvalue weighted by atomic mass is 9.89. The van der Waals surface area contributed by atoms with Gasteiger partial charge in [0, 0.05) is 0 Å². The fourth-order valence-electron chi connectivity index (χ4n) is 2.44. The maximum atomic E-state index is 4.31. The molecule has 2 aliphatic rings. The third-order valence-corrected chi connectivity index (χ3v) is 3.49. The molecule has 2 aliphatic carbocycles. The lowest BCUT2D eigenvalue weighted by Crippen LogP contribution is -2.01. The number of hydrogen-bond acceptors (Lipinski definition) is 0.